The normalized spacial score (nSPS) is 14.8. The van der Waals surface area contributed by atoms with Gasteiger partial charge in [-0.25, -0.2) is 0 Å². The Bertz CT molecular complexity index is 856. The lowest BCUT2D eigenvalue weighted by atomic mass is 10.1. The first-order chi connectivity index (χ1) is 15.2. The molecule has 3 rings (SSSR count). The minimum absolute atomic E-state index is 0.0457. The zero-order valence-electron chi connectivity index (χ0n) is 18.8. The number of rotatable bonds is 8. The second-order valence-corrected chi connectivity index (χ2v) is 7.99. The molecule has 166 valence electrons. The third-order valence-electron chi connectivity index (χ3n) is 5.55. The topological polar surface area (TPSA) is 68.8 Å². The van der Waals surface area contributed by atoms with Crippen LogP contribution >= 0.6 is 0 Å². The van der Waals surface area contributed by atoms with Gasteiger partial charge in [0.25, 0.3) is 5.91 Å². The van der Waals surface area contributed by atoms with Gasteiger partial charge in [-0.3, -0.25) is 14.7 Å². The number of piperidine rings is 1. The Kier molecular flexibility index (Phi) is 8.91. The Morgan fingerprint density at radius 2 is 1.58 bits per heavy atom. The fourth-order valence-corrected chi connectivity index (χ4v) is 3.82. The molecule has 2 aromatic rings. The summed E-state index contributed by atoms with van der Waals surface area (Å²) in [5, 5.41) is 9.52. The monoisotopic (exact) mass is 421 g/mol. The predicted octanol–water partition coefficient (Wildman–Crippen LogP) is 3.29. The molecule has 0 aliphatic carbocycles. The van der Waals surface area contributed by atoms with Crippen LogP contribution in [0.3, 0.4) is 0 Å². The van der Waals surface area contributed by atoms with Crippen LogP contribution in [0.5, 0.6) is 0 Å². The van der Waals surface area contributed by atoms with E-state index in [0.717, 1.165) is 18.1 Å². The number of likely N-dealkylation sites (tertiary alicyclic amines) is 1. The van der Waals surface area contributed by atoms with Gasteiger partial charge in [0.2, 0.25) is 0 Å². The van der Waals surface area contributed by atoms with Crippen LogP contribution in [0, 0.1) is 0 Å². The van der Waals surface area contributed by atoms with Crippen LogP contribution in [0.4, 0.5) is 0 Å². The molecule has 6 nitrogen and oxygen atoms in total. The lowest BCUT2D eigenvalue weighted by molar-refractivity contribution is 0.0955. The zero-order valence-corrected chi connectivity index (χ0v) is 18.8. The number of nitrogens with one attached hydrogen (secondary N) is 3. The first-order valence-electron chi connectivity index (χ1n) is 11.3. The van der Waals surface area contributed by atoms with Gasteiger partial charge in [-0.2, -0.15) is 0 Å². The van der Waals surface area contributed by atoms with E-state index in [1.165, 1.54) is 43.5 Å². The summed E-state index contributed by atoms with van der Waals surface area (Å²) in [5.74, 6) is 0.691. The van der Waals surface area contributed by atoms with Gasteiger partial charge in [0.1, 0.15) is 0 Å². The molecule has 6 heteroatoms. The molecule has 0 radical (unpaired) electrons. The molecule has 0 aromatic heterocycles. The lowest BCUT2D eigenvalue weighted by Crippen LogP contribution is -2.36. The molecule has 0 atom stereocenters. The van der Waals surface area contributed by atoms with Gasteiger partial charge in [0.15, 0.2) is 5.96 Å². The minimum Gasteiger partial charge on any atom is -0.352 e. The van der Waals surface area contributed by atoms with Crippen molar-refractivity contribution in [1.29, 1.82) is 0 Å². The fraction of sp³-hybridized carbons (Fsp3) is 0.440. The number of guanidine groups is 1. The Labute approximate surface area is 186 Å². The number of hydrogen-bond acceptors (Lipinski definition) is 3. The molecule has 1 amide bonds. The Hall–Kier alpha value is -2.86. The standard InChI is InChI=1S/C25H35N5O/c1-3-27-24(31)23-9-7-8-22(16-23)18-29-25(26-2)28-17-20-10-12-21(13-11-20)19-30-14-5-4-6-15-30/h7-13,16H,3-6,14-15,17-19H2,1-2H3,(H,27,31)(H2,26,28,29). The zero-order chi connectivity index (χ0) is 21.9. The van der Waals surface area contributed by atoms with E-state index in [-0.39, 0.29) is 5.91 Å². The smallest absolute Gasteiger partial charge is 0.251 e. The summed E-state index contributed by atoms with van der Waals surface area (Å²) in [7, 11) is 1.77. The summed E-state index contributed by atoms with van der Waals surface area (Å²) >= 11 is 0. The summed E-state index contributed by atoms with van der Waals surface area (Å²) in [4.78, 5) is 18.9. The van der Waals surface area contributed by atoms with Gasteiger partial charge in [0.05, 0.1) is 0 Å². The van der Waals surface area contributed by atoms with Crippen LogP contribution in [0.2, 0.25) is 0 Å². The molecular weight excluding hydrogens is 386 g/mol. The first-order valence-corrected chi connectivity index (χ1v) is 11.3. The highest BCUT2D eigenvalue weighted by Gasteiger charge is 2.10. The van der Waals surface area contributed by atoms with Gasteiger partial charge < -0.3 is 16.0 Å². The van der Waals surface area contributed by atoms with Crippen molar-refractivity contribution in [2.45, 2.75) is 45.8 Å². The summed E-state index contributed by atoms with van der Waals surface area (Å²) in [6.07, 6.45) is 4.02. The average Bonchev–Trinajstić information content (AvgIpc) is 2.81. The van der Waals surface area contributed by atoms with E-state index < -0.39 is 0 Å². The summed E-state index contributed by atoms with van der Waals surface area (Å²) in [5.41, 5.74) is 4.31. The quantitative estimate of drug-likeness (QED) is 0.452. The molecule has 1 fully saturated rings. The van der Waals surface area contributed by atoms with Gasteiger partial charge in [-0.15, -0.1) is 0 Å². The van der Waals surface area contributed by atoms with Gasteiger partial charge in [-0.05, 0) is 61.7 Å². The Morgan fingerprint density at radius 3 is 2.26 bits per heavy atom. The van der Waals surface area contributed by atoms with Crippen molar-refractivity contribution < 1.29 is 4.79 Å². The van der Waals surface area contributed by atoms with Crippen LogP contribution in [0.1, 0.15) is 53.2 Å². The average molecular weight is 422 g/mol. The van der Waals surface area contributed by atoms with Crippen molar-refractivity contribution in [2.24, 2.45) is 4.99 Å². The molecule has 1 aliphatic rings. The maximum atomic E-state index is 12.0. The second kappa shape index (κ2) is 12.1. The Balaban J connectivity index is 1.46. The van der Waals surface area contributed by atoms with Crippen LogP contribution < -0.4 is 16.0 Å². The maximum Gasteiger partial charge on any atom is 0.251 e. The van der Waals surface area contributed by atoms with Crippen molar-refractivity contribution in [3.8, 4) is 0 Å². The number of carbonyl (C=O) groups is 1. The van der Waals surface area contributed by atoms with Crippen LogP contribution in [-0.4, -0.2) is 43.4 Å². The number of carbonyl (C=O) groups excluding carboxylic acids is 1. The Morgan fingerprint density at radius 1 is 0.903 bits per heavy atom. The van der Waals surface area contributed by atoms with Crippen LogP contribution in [0.25, 0.3) is 0 Å². The fourth-order valence-electron chi connectivity index (χ4n) is 3.82. The summed E-state index contributed by atoms with van der Waals surface area (Å²) in [6, 6.07) is 16.5. The van der Waals surface area contributed by atoms with E-state index in [2.05, 4.69) is 50.1 Å². The molecule has 0 saturated carbocycles. The van der Waals surface area contributed by atoms with Crippen molar-refractivity contribution in [2.75, 3.05) is 26.7 Å². The van der Waals surface area contributed by atoms with Crippen molar-refractivity contribution in [3.05, 3.63) is 70.8 Å². The molecule has 0 unspecified atom stereocenters. The highest BCUT2D eigenvalue weighted by atomic mass is 16.1. The molecule has 1 saturated heterocycles. The molecule has 1 aliphatic heterocycles. The summed E-state index contributed by atoms with van der Waals surface area (Å²) < 4.78 is 0. The van der Waals surface area contributed by atoms with E-state index >= 15 is 0 Å². The minimum atomic E-state index is -0.0457. The van der Waals surface area contributed by atoms with E-state index in [1.54, 1.807) is 7.05 Å². The number of hydrogen-bond donors (Lipinski definition) is 3. The molecule has 0 spiro atoms. The number of aliphatic imine (C=N–C) groups is 1. The lowest BCUT2D eigenvalue weighted by Gasteiger charge is -2.26. The van der Waals surface area contributed by atoms with E-state index in [9.17, 15) is 4.79 Å². The third kappa shape index (κ3) is 7.40. The third-order valence-corrected chi connectivity index (χ3v) is 5.55. The molecule has 1 heterocycles. The largest absolute Gasteiger partial charge is 0.352 e. The molecule has 3 N–H and O–H groups in total. The van der Waals surface area contributed by atoms with E-state index in [1.807, 2.05) is 31.2 Å². The van der Waals surface area contributed by atoms with Gasteiger partial charge in [0, 0.05) is 38.8 Å². The van der Waals surface area contributed by atoms with Gasteiger partial charge >= 0.3 is 0 Å². The SMILES string of the molecule is CCNC(=O)c1cccc(CNC(=NC)NCc2ccc(CN3CCCCC3)cc2)c1. The summed E-state index contributed by atoms with van der Waals surface area (Å²) in [6.45, 7) is 7.34. The predicted molar refractivity (Wildman–Crippen MR) is 127 cm³/mol. The highest BCUT2D eigenvalue weighted by molar-refractivity contribution is 5.94. The molecular formula is C25H35N5O. The van der Waals surface area contributed by atoms with Crippen molar-refractivity contribution in [1.82, 2.24) is 20.9 Å². The molecule has 0 bridgehead atoms. The van der Waals surface area contributed by atoms with Crippen LogP contribution in [0.15, 0.2) is 53.5 Å². The van der Waals surface area contributed by atoms with Gasteiger partial charge in [-0.1, -0.05) is 42.8 Å². The van der Waals surface area contributed by atoms with Crippen molar-refractivity contribution >= 4 is 11.9 Å². The van der Waals surface area contributed by atoms with E-state index in [0.29, 0.717) is 25.2 Å². The number of nitrogens with zero attached hydrogens (tertiary/aromatic N) is 2. The highest BCUT2D eigenvalue weighted by Crippen LogP contribution is 2.13. The first kappa shape index (κ1) is 22.8. The van der Waals surface area contributed by atoms with Crippen molar-refractivity contribution in [3.63, 3.8) is 0 Å². The number of amides is 1. The van der Waals surface area contributed by atoms with E-state index in [4.69, 9.17) is 0 Å². The van der Waals surface area contributed by atoms with Crippen LogP contribution in [-0.2, 0) is 19.6 Å². The maximum absolute atomic E-state index is 12.0. The molecule has 31 heavy (non-hydrogen) atoms. The number of benzene rings is 2. The second-order valence-electron chi connectivity index (χ2n) is 7.99. The molecule has 2 aromatic carbocycles.